The van der Waals surface area contributed by atoms with E-state index in [1.165, 1.54) is 6.07 Å². The van der Waals surface area contributed by atoms with E-state index in [2.05, 4.69) is 20.3 Å². The minimum atomic E-state index is -0.283. The molecular weight excluding hydrogens is 325 g/mol. The summed E-state index contributed by atoms with van der Waals surface area (Å²) in [6, 6.07) is 5.19. The molecule has 0 aromatic carbocycles. The third-order valence-corrected chi connectivity index (χ3v) is 3.69. The van der Waals surface area contributed by atoms with Gasteiger partial charge in [0.15, 0.2) is 0 Å². The molecule has 3 rings (SSSR count). The molecule has 0 fully saturated rings. The lowest BCUT2D eigenvalue weighted by atomic mass is 10.2. The summed E-state index contributed by atoms with van der Waals surface area (Å²) >= 11 is 11.6. The van der Waals surface area contributed by atoms with Gasteiger partial charge in [-0.3, -0.25) is 9.36 Å². The second kappa shape index (κ2) is 6.21. The summed E-state index contributed by atoms with van der Waals surface area (Å²) in [5, 5.41) is 3.35. The highest BCUT2D eigenvalue weighted by atomic mass is 35.5. The zero-order valence-corrected chi connectivity index (χ0v) is 12.8. The van der Waals surface area contributed by atoms with Gasteiger partial charge in [-0.25, -0.2) is 9.97 Å². The average Bonchev–Trinajstić information content (AvgIpc) is 3.16. The van der Waals surface area contributed by atoms with Crippen LogP contribution in [-0.4, -0.2) is 25.4 Å². The van der Waals surface area contributed by atoms with Crippen LogP contribution in [-0.2, 0) is 6.54 Å². The molecule has 2 N–H and O–H groups in total. The van der Waals surface area contributed by atoms with E-state index in [0.29, 0.717) is 17.3 Å². The van der Waals surface area contributed by atoms with Gasteiger partial charge in [0, 0.05) is 25.1 Å². The lowest BCUT2D eigenvalue weighted by molar-refractivity contribution is 0.0946. The molecule has 0 saturated carbocycles. The minimum Gasteiger partial charge on any atom is -0.347 e. The molecule has 0 saturated heterocycles. The molecule has 22 heavy (non-hydrogen) atoms. The quantitative estimate of drug-likeness (QED) is 0.769. The monoisotopic (exact) mass is 335 g/mol. The molecule has 3 heterocycles. The number of halogens is 2. The second-order valence-corrected chi connectivity index (χ2v) is 5.31. The van der Waals surface area contributed by atoms with Crippen LogP contribution < -0.4 is 5.32 Å². The first kappa shape index (κ1) is 14.6. The molecule has 0 aliphatic rings. The van der Waals surface area contributed by atoms with Gasteiger partial charge < -0.3 is 10.3 Å². The van der Waals surface area contributed by atoms with Gasteiger partial charge in [-0.2, -0.15) is 0 Å². The predicted octanol–water partition coefficient (Wildman–Crippen LogP) is 2.83. The Morgan fingerprint density at radius 1 is 1.32 bits per heavy atom. The number of rotatable bonds is 4. The highest BCUT2D eigenvalue weighted by Crippen LogP contribution is 2.21. The lowest BCUT2D eigenvalue weighted by Gasteiger charge is -2.06. The Morgan fingerprint density at radius 2 is 2.18 bits per heavy atom. The van der Waals surface area contributed by atoms with Crippen molar-refractivity contribution in [3.05, 3.63) is 64.6 Å². The van der Waals surface area contributed by atoms with Gasteiger partial charge in [-0.15, -0.1) is 0 Å². The maximum Gasteiger partial charge on any atom is 0.268 e. The number of nitrogens with zero attached hydrogens (tertiary/aromatic N) is 3. The summed E-state index contributed by atoms with van der Waals surface area (Å²) in [6.07, 6.45) is 6.81. The second-order valence-electron chi connectivity index (χ2n) is 4.52. The summed E-state index contributed by atoms with van der Waals surface area (Å²) < 4.78 is 1.79. The zero-order chi connectivity index (χ0) is 15.5. The van der Waals surface area contributed by atoms with Gasteiger partial charge in [-0.05, 0) is 23.8 Å². The smallest absolute Gasteiger partial charge is 0.268 e. The first-order chi connectivity index (χ1) is 10.6. The molecule has 3 aromatic heterocycles. The molecule has 0 aliphatic heterocycles. The molecule has 0 bridgehead atoms. The van der Waals surface area contributed by atoms with E-state index in [4.69, 9.17) is 23.2 Å². The van der Waals surface area contributed by atoms with Gasteiger partial charge >= 0.3 is 0 Å². The number of hydrogen-bond acceptors (Lipinski definition) is 3. The van der Waals surface area contributed by atoms with Gasteiger partial charge in [0.25, 0.3) is 5.91 Å². The van der Waals surface area contributed by atoms with E-state index in [1.54, 1.807) is 29.5 Å². The molecule has 0 atom stereocenters. The molecule has 8 heteroatoms. The maximum atomic E-state index is 12.0. The van der Waals surface area contributed by atoms with Crippen LogP contribution in [0.3, 0.4) is 0 Å². The summed E-state index contributed by atoms with van der Waals surface area (Å²) in [7, 11) is 0. The van der Waals surface area contributed by atoms with Crippen molar-refractivity contribution in [2.75, 3.05) is 0 Å². The van der Waals surface area contributed by atoms with Crippen molar-refractivity contribution in [2.24, 2.45) is 0 Å². The zero-order valence-electron chi connectivity index (χ0n) is 11.3. The number of aromatic amines is 1. The normalized spacial score (nSPS) is 10.6. The third-order valence-electron chi connectivity index (χ3n) is 3.00. The van der Waals surface area contributed by atoms with E-state index in [1.807, 2.05) is 12.1 Å². The van der Waals surface area contributed by atoms with Crippen LogP contribution in [0.25, 0.3) is 5.82 Å². The van der Waals surface area contributed by atoms with Crippen LogP contribution in [0.15, 0.2) is 43.1 Å². The number of carbonyl (C=O) groups is 1. The van der Waals surface area contributed by atoms with E-state index in [-0.39, 0.29) is 11.1 Å². The Bertz CT molecular complexity index is 778. The molecule has 0 spiro atoms. The number of amides is 1. The van der Waals surface area contributed by atoms with Crippen LogP contribution in [0.2, 0.25) is 10.2 Å². The highest BCUT2D eigenvalue weighted by Gasteiger charge is 2.11. The number of aromatic nitrogens is 4. The van der Waals surface area contributed by atoms with Crippen molar-refractivity contribution in [1.29, 1.82) is 0 Å². The number of H-pyrrole nitrogens is 1. The Labute approximate surface area is 136 Å². The fourth-order valence-corrected chi connectivity index (χ4v) is 2.22. The summed E-state index contributed by atoms with van der Waals surface area (Å²) in [5.41, 5.74) is 1.23. The Kier molecular flexibility index (Phi) is 4.13. The minimum absolute atomic E-state index is 0.248. The molecular formula is C14H11Cl2N5O. The molecule has 112 valence electrons. The van der Waals surface area contributed by atoms with Crippen molar-refractivity contribution in [1.82, 2.24) is 24.8 Å². The Morgan fingerprint density at radius 3 is 2.86 bits per heavy atom. The molecule has 1 amide bonds. The van der Waals surface area contributed by atoms with Crippen LogP contribution in [0.4, 0.5) is 0 Å². The SMILES string of the molecule is O=C(NCc1ccnc(-n2ccnc2)c1)c1cc(Cl)c(Cl)[nH]1. The van der Waals surface area contributed by atoms with Gasteiger partial charge in [0.2, 0.25) is 0 Å². The molecule has 6 nitrogen and oxygen atoms in total. The largest absolute Gasteiger partial charge is 0.347 e. The van der Waals surface area contributed by atoms with Crippen LogP contribution >= 0.6 is 23.2 Å². The van der Waals surface area contributed by atoms with E-state index >= 15 is 0 Å². The van der Waals surface area contributed by atoms with Crippen LogP contribution in [0.5, 0.6) is 0 Å². The van der Waals surface area contributed by atoms with Crippen molar-refractivity contribution < 1.29 is 4.79 Å². The number of nitrogens with one attached hydrogen (secondary N) is 2. The Balaban J connectivity index is 1.69. The first-order valence-corrected chi connectivity index (χ1v) is 7.14. The van der Waals surface area contributed by atoms with Gasteiger partial charge in [0.1, 0.15) is 23.0 Å². The van der Waals surface area contributed by atoms with Crippen LogP contribution in [0, 0.1) is 0 Å². The summed E-state index contributed by atoms with van der Waals surface area (Å²) in [5.74, 6) is 0.449. The molecule has 0 radical (unpaired) electrons. The van der Waals surface area contributed by atoms with E-state index in [0.717, 1.165) is 11.4 Å². The maximum absolute atomic E-state index is 12.0. The van der Waals surface area contributed by atoms with Gasteiger partial charge in [0.05, 0.1) is 5.02 Å². The summed E-state index contributed by atoms with van der Waals surface area (Å²) in [6.45, 7) is 0.358. The lowest BCUT2D eigenvalue weighted by Crippen LogP contribution is -2.23. The summed E-state index contributed by atoms with van der Waals surface area (Å²) in [4.78, 5) is 22.9. The first-order valence-electron chi connectivity index (χ1n) is 6.39. The highest BCUT2D eigenvalue weighted by molar-refractivity contribution is 6.41. The van der Waals surface area contributed by atoms with E-state index < -0.39 is 0 Å². The number of hydrogen-bond donors (Lipinski definition) is 2. The standard InChI is InChI=1S/C14H11Cl2N5O/c15-10-6-11(20-13(10)16)14(22)19-7-9-1-2-18-12(5-9)21-4-3-17-8-21/h1-6,8,20H,7H2,(H,19,22). The topological polar surface area (TPSA) is 75.6 Å². The fourth-order valence-electron chi connectivity index (χ4n) is 1.91. The number of carbonyl (C=O) groups excluding carboxylic acids is 1. The average molecular weight is 336 g/mol. The van der Waals surface area contributed by atoms with Crippen molar-refractivity contribution in [2.45, 2.75) is 6.54 Å². The number of imidazole rings is 1. The molecule has 3 aromatic rings. The fraction of sp³-hybridized carbons (Fsp3) is 0.0714. The predicted molar refractivity (Wildman–Crippen MR) is 83.3 cm³/mol. The van der Waals surface area contributed by atoms with Crippen molar-refractivity contribution >= 4 is 29.1 Å². The van der Waals surface area contributed by atoms with E-state index in [9.17, 15) is 4.79 Å². The third kappa shape index (κ3) is 3.13. The molecule has 0 unspecified atom stereocenters. The van der Waals surface area contributed by atoms with Gasteiger partial charge in [-0.1, -0.05) is 23.2 Å². The van der Waals surface area contributed by atoms with Crippen molar-refractivity contribution in [3.8, 4) is 5.82 Å². The number of pyridine rings is 1. The molecule has 0 aliphatic carbocycles. The van der Waals surface area contributed by atoms with Crippen LogP contribution in [0.1, 0.15) is 16.1 Å². The Hall–Kier alpha value is -2.31. The van der Waals surface area contributed by atoms with Crippen molar-refractivity contribution in [3.63, 3.8) is 0 Å².